The summed E-state index contributed by atoms with van der Waals surface area (Å²) in [4.78, 5) is 0. The smallest absolute Gasteiger partial charge is 0.157 e. The molecule has 0 saturated heterocycles. The molecule has 0 N–H and O–H groups in total. The van der Waals surface area contributed by atoms with E-state index in [9.17, 15) is 0 Å². The standard InChI is InChI=1S/C4H3N3S/c5-4-8-7-3-1-2-6-7/h1-3H. The minimum absolute atomic E-state index is 0.993. The first-order valence-electron chi connectivity index (χ1n) is 1.99. The van der Waals surface area contributed by atoms with Crippen molar-refractivity contribution in [1.29, 1.82) is 5.26 Å². The molecule has 3 nitrogen and oxygen atoms in total. The summed E-state index contributed by atoms with van der Waals surface area (Å²) in [7, 11) is 0. The number of nitrogens with zero attached hydrogens (tertiary/aromatic N) is 3. The molecule has 0 bridgehead atoms. The molecule has 0 saturated carbocycles. The zero-order chi connectivity index (χ0) is 5.82. The molecule has 1 heterocycles. The van der Waals surface area contributed by atoms with Gasteiger partial charge < -0.3 is 0 Å². The van der Waals surface area contributed by atoms with Crippen LogP contribution >= 0.6 is 11.9 Å². The molecule has 1 aromatic rings. The quantitative estimate of drug-likeness (QED) is 0.523. The van der Waals surface area contributed by atoms with E-state index in [1.807, 2.05) is 5.40 Å². The average molecular weight is 125 g/mol. The average Bonchev–Trinajstić information content (AvgIpc) is 2.19. The second-order valence-electron chi connectivity index (χ2n) is 1.09. The van der Waals surface area contributed by atoms with Crippen LogP contribution in [0.5, 0.6) is 0 Å². The zero-order valence-corrected chi connectivity index (χ0v) is 4.80. The van der Waals surface area contributed by atoms with Crippen LogP contribution in [0.15, 0.2) is 18.5 Å². The molecule has 0 amide bonds. The van der Waals surface area contributed by atoms with Gasteiger partial charge in [0, 0.05) is 6.20 Å². The van der Waals surface area contributed by atoms with Crippen molar-refractivity contribution in [1.82, 2.24) is 9.19 Å². The summed E-state index contributed by atoms with van der Waals surface area (Å²) in [5.74, 6) is 0. The molecule has 8 heavy (non-hydrogen) atoms. The highest BCUT2D eigenvalue weighted by Crippen LogP contribution is 1.97. The van der Waals surface area contributed by atoms with E-state index in [-0.39, 0.29) is 0 Å². The highest BCUT2D eigenvalue weighted by molar-refractivity contribution is 8.02. The predicted molar refractivity (Wildman–Crippen MR) is 30.8 cm³/mol. The first kappa shape index (κ1) is 5.19. The molecule has 0 spiro atoms. The Morgan fingerprint density at radius 3 is 3.12 bits per heavy atom. The third-order valence-electron chi connectivity index (χ3n) is 0.614. The molecule has 0 aliphatic heterocycles. The van der Waals surface area contributed by atoms with Crippen molar-refractivity contribution in [2.24, 2.45) is 0 Å². The van der Waals surface area contributed by atoms with Crippen LogP contribution < -0.4 is 0 Å². The van der Waals surface area contributed by atoms with E-state index in [4.69, 9.17) is 5.26 Å². The second kappa shape index (κ2) is 2.38. The number of rotatable bonds is 1. The van der Waals surface area contributed by atoms with Crippen molar-refractivity contribution in [3.05, 3.63) is 18.5 Å². The van der Waals surface area contributed by atoms with Crippen LogP contribution in [0.25, 0.3) is 0 Å². The van der Waals surface area contributed by atoms with Gasteiger partial charge in [0.05, 0.1) is 18.1 Å². The SMILES string of the molecule is N#CSn1cccn1. The second-order valence-corrected chi connectivity index (χ2v) is 1.83. The summed E-state index contributed by atoms with van der Waals surface area (Å²) in [5, 5.41) is 13.7. The lowest BCUT2D eigenvalue weighted by Gasteiger charge is -1.82. The van der Waals surface area contributed by atoms with Crippen molar-refractivity contribution in [2.75, 3.05) is 0 Å². The third kappa shape index (κ3) is 1.01. The lowest BCUT2D eigenvalue weighted by Crippen LogP contribution is -1.80. The van der Waals surface area contributed by atoms with Gasteiger partial charge in [0.2, 0.25) is 0 Å². The molecule has 0 aromatic carbocycles. The zero-order valence-electron chi connectivity index (χ0n) is 3.98. The van der Waals surface area contributed by atoms with Gasteiger partial charge >= 0.3 is 0 Å². The first-order valence-corrected chi connectivity index (χ1v) is 2.77. The molecule has 0 aliphatic rings. The largest absolute Gasteiger partial charge is 0.200 e. The van der Waals surface area contributed by atoms with Gasteiger partial charge in [-0.3, -0.25) is 0 Å². The van der Waals surface area contributed by atoms with Crippen LogP contribution in [-0.2, 0) is 0 Å². The summed E-state index contributed by atoms with van der Waals surface area (Å²) in [6.07, 6.45) is 3.35. The molecule has 4 heteroatoms. The van der Waals surface area contributed by atoms with E-state index >= 15 is 0 Å². The maximum atomic E-state index is 8.09. The van der Waals surface area contributed by atoms with Gasteiger partial charge in [0.25, 0.3) is 0 Å². The molecule has 0 aliphatic carbocycles. The molecule has 0 radical (unpaired) electrons. The molecule has 0 unspecified atom stereocenters. The monoisotopic (exact) mass is 125 g/mol. The summed E-state index contributed by atoms with van der Waals surface area (Å²) in [5.41, 5.74) is 0. The first-order chi connectivity index (χ1) is 3.93. The number of thiocyanates is 1. The van der Waals surface area contributed by atoms with E-state index in [1.54, 1.807) is 18.5 Å². The summed E-state index contributed by atoms with van der Waals surface area (Å²) in [6, 6.07) is 1.77. The fourth-order valence-electron chi connectivity index (χ4n) is 0.351. The Hall–Kier alpha value is -0.950. The maximum absolute atomic E-state index is 8.09. The van der Waals surface area contributed by atoms with Gasteiger partial charge in [-0.05, 0) is 6.07 Å². The van der Waals surface area contributed by atoms with Crippen molar-refractivity contribution < 1.29 is 0 Å². The number of hydrogen-bond donors (Lipinski definition) is 0. The Morgan fingerprint density at radius 2 is 2.62 bits per heavy atom. The predicted octanol–water partition coefficient (Wildman–Crippen LogP) is 0.860. The van der Waals surface area contributed by atoms with Crippen LogP contribution in [0.3, 0.4) is 0 Å². The van der Waals surface area contributed by atoms with Gasteiger partial charge in [0.15, 0.2) is 5.40 Å². The summed E-state index contributed by atoms with van der Waals surface area (Å²) < 4.78 is 1.49. The van der Waals surface area contributed by atoms with E-state index in [2.05, 4.69) is 5.10 Å². The van der Waals surface area contributed by atoms with E-state index < -0.39 is 0 Å². The van der Waals surface area contributed by atoms with Crippen molar-refractivity contribution in [2.45, 2.75) is 0 Å². The van der Waals surface area contributed by atoms with Crippen LogP contribution in [0.2, 0.25) is 0 Å². The Morgan fingerprint density at radius 1 is 1.75 bits per heavy atom. The van der Waals surface area contributed by atoms with Crippen molar-refractivity contribution >= 4 is 11.9 Å². The summed E-state index contributed by atoms with van der Waals surface area (Å²) >= 11 is 0.993. The van der Waals surface area contributed by atoms with Crippen LogP contribution in [0.4, 0.5) is 0 Å². The molecular weight excluding hydrogens is 122 g/mol. The summed E-state index contributed by atoms with van der Waals surface area (Å²) in [6.45, 7) is 0. The fraction of sp³-hybridized carbons (Fsp3) is 0. The van der Waals surface area contributed by atoms with Gasteiger partial charge in [-0.2, -0.15) is 14.4 Å². The lowest BCUT2D eigenvalue weighted by molar-refractivity contribution is 1.02. The highest BCUT2D eigenvalue weighted by atomic mass is 32.2. The Bertz CT molecular complexity index is 186. The molecular formula is C4H3N3S. The van der Waals surface area contributed by atoms with E-state index in [0.29, 0.717) is 0 Å². The third-order valence-corrected chi connectivity index (χ3v) is 1.10. The number of hydrogen-bond acceptors (Lipinski definition) is 3. The van der Waals surface area contributed by atoms with Crippen LogP contribution in [0.1, 0.15) is 0 Å². The Balaban J connectivity index is 2.67. The van der Waals surface area contributed by atoms with Gasteiger partial charge in [0.1, 0.15) is 0 Å². The van der Waals surface area contributed by atoms with E-state index in [1.165, 1.54) is 4.09 Å². The lowest BCUT2D eigenvalue weighted by atomic mass is 10.8. The van der Waals surface area contributed by atoms with Gasteiger partial charge in [-0.1, -0.05) is 0 Å². The molecule has 40 valence electrons. The number of aromatic nitrogens is 2. The normalized spacial score (nSPS) is 8.38. The Kier molecular flexibility index (Phi) is 1.55. The minimum atomic E-state index is 0.993. The highest BCUT2D eigenvalue weighted by Gasteiger charge is 1.83. The number of nitriles is 1. The van der Waals surface area contributed by atoms with Gasteiger partial charge in [-0.15, -0.1) is 0 Å². The van der Waals surface area contributed by atoms with Gasteiger partial charge in [-0.25, -0.2) is 0 Å². The Labute approximate surface area is 51.1 Å². The molecule has 0 fully saturated rings. The molecule has 1 aromatic heterocycles. The van der Waals surface area contributed by atoms with Crippen molar-refractivity contribution in [3.63, 3.8) is 0 Å². The van der Waals surface area contributed by atoms with Crippen LogP contribution in [0, 0.1) is 10.7 Å². The van der Waals surface area contributed by atoms with E-state index in [0.717, 1.165) is 11.9 Å². The van der Waals surface area contributed by atoms with Crippen LogP contribution in [-0.4, -0.2) is 9.19 Å². The topological polar surface area (TPSA) is 41.6 Å². The minimum Gasteiger partial charge on any atom is -0.200 e. The molecule has 0 atom stereocenters. The van der Waals surface area contributed by atoms with Crippen molar-refractivity contribution in [3.8, 4) is 5.40 Å². The maximum Gasteiger partial charge on any atom is 0.157 e. The fourth-order valence-corrected chi connectivity index (χ4v) is 0.667. The molecule has 1 rings (SSSR count).